The molecule has 1 aromatic heterocycles. The Balaban J connectivity index is 1.71. The Labute approximate surface area is 187 Å². The van der Waals surface area contributed by atoms with Crippen LogP contribution in [0.3, 0.4) is 0 Å². The Kier molecular flexibility index (Phi) is 7.55. The van der Waals surface area contributed by atoms with E-state index in [-0.39, 0.29) is 11.8 Å². The van der Waals surface area contributed by atoms with Crippen LogP contribution in [0.1, 0.15) is 41.0 Å². The number of para-hydroxylation sites is 1. The van der Waals surface area contributed by atoms with Gasteiger partial charge >= 0.3 is 0 Å². The van der Waals surface area contributed by atoms with Crippen LogP contribution in [0.25, 0.3) is 0 Å². The highest BCUT2D eigenvalue weighted by Gasteiger charge is 2.20. The van der Waals surface area contributed by atoms with Crippen molar-refractivity contribution in [3.63, 3.8) is 0 Å². The summed E-state index contributed by atoms with van der Waals surface area (Å²) >= 11 is 1.48. The molecule has 6 nitrogen and oxygen atoms in total. The van der Waals surface area contributed by atoms with E-state index in [1.54, 1.807) is 18.9 Å². The molecule has 1 heterocycles. The van der Waals surface area contributed by atoms with Crippen LogP contribution < -0.4 is 10.2 Å². The first-order chi connectivity index (χ1) is 14.9. The minimum absolute atomic E-state index is 0.0497. The Hall–Kier alpha value is -3.03. The van der Waals surface area contributed by atoms with E-state index in [1.807, 2.05) is 61.0 Å². The van der Waals surface area contributed by atoms with Crippen molar-refractivity contribution in [2.75, 3.05) is 19.0 Å². The maximum atomic E-state index is 12.4. The predicted octanol–water partition coefficient (Wildman–Crippen LogP) is 4.38. The van der Waals surface area contributed by atoms with Crippen molar-refractivity contribution in [2.24, 2.45) is 0 Å². The van der Waals surface area contributed by atoms with Gasteiger partial charge in [0.1, 0.15) is 0 Å². The van der Waals surface area contributed by atoms with Gasteiger partial charge in [-0.2, -0.15) is 0 Å². The molecule has 0 aliphatic heterocycles. The minimum atomic E-state index is -0.0884. The number of amides is 2. The molecule has 3 aromatic rings. The summed E-state index contributed by atoms with van der Waals surface area (Å²) in [5.41, 5.74) is 4.70. The predicted molar refractivity (Wildman–Crippen MR) is 126 cm³/mol. The zero-order chi connectivity index (χ0) is 22.4. The second-order valence-corrected chi connectivity index (χ2v) is 8.24. The van der Waals surface area contributed by atoms with E-state index < -0.39 is 0 Å². The van der Waals surface area contributed by atoms with Gasteiger partial charge in [-0.15, -0.1) is 11.3 Å². The van der Waals surface area contributed by atoms with E-state index in [0.29, 0.717) is 17.2 Å². The van der Waals surface area contributed by atoms with Crippen molar-refractivity contribution in [1.82, 2.24) is 15.2 Å². The minimum Gasteiger partial charge on any atom is -0.355 e. The molecule has 0 saturated carbocycles. The van der Waals surface area contributed by atoms with E-state index in [4.69, 9.17) is 4.98 Å². The number of anilines is 2. The Morgan fingerprint density at radius 3 is 2.42 bits per heavy atom. The van der Waals surface area contributed by atoms with Gasteiger partial charge in [0.25, 0.3) is 5.91 Å². The van der Waals surface area contributed by atoms with Gasteiger partial charge in [-0.1, -0.05) is 37.3 Å². The fourth-order valence-corrected chi connectivity index (χ4v) is 4.33. The molecule has 0 unspecified atom stereocenters. The van der Waals surface area contributed by atoms with Gasteiger partial charge in [0.15, 0.2) is 5.13 Å². The highest BCUT2D eigenvalue weighted by atomic mass is 32.1. The number of carbonyl (C=O) groups is 2. The van der Waals surface area contributed by atoms with Crippen molar-refractivity contribution >= 4 is 34.0 Å². The van der Waals surface area contributed by atoms with Gasteiger partial charge in [-0.3, -0.25) is 19.4 Å². The standard InChI is InChI=1S/C24H28N4O2S/c1-5-19-8-6-7-9-22(19)28(17(2)29)24-26-21(16-31-24)15-27(4)14-18-10-12-20(13-11-18)23(30)25-3/h6-13,16H,5,14-15H2,1-4H3,(H,25,30). The van der Waals surface area contributed by atoms with Crippen LogP contribution in [-0.4, -0.2) is 35.8 Å². The van der Waals surface area contributed by atoms with Crippen LogP contribution in [0.4, 0.5) is 10.8 Å². The maximum Gasteiger partial charge on any atom is 0.251 e. The molecule has 0 aliphatic carbocycles. The quantitative estimate of drug-likeness (QED) is 0.569. The molecule has 0 fully saturated rings. The molecule has 1 N–H and O–H groups in total. The molecule has 2 aromatic carbocycles. The van der Waals surface area contributed by atoms with Gasteiger partial charge in [0.05, 0.1) is 11.4 Å². The van der Waals surface area contributed by atoms with Gasteiger partial charge in [-0.05, 0) is 42.8 Å². The van der Waals surface area contributed by atoms with E-state index in [0.717, 1.165) is 35.5 Å². The number of carbonyl (C=O) groups excluding carboxylic acids is 2. The summed E-state index contributed by atoms with van der Waals surface area (Å²) in [6, 6.07) is 15.5. The Morgan fingerprint density at radius 1 is 1.06 bits per heavy atom. The van der Waals surface area contributed by atoms with E-state index in [2.05, 4.69) is 17.1 Å². The van der Waals surface area contributed by atoms with Crippen molar-refractivity contribution in [3.8, 4) is 0 Å². The Bertz CT molecular complexity index is 1050. The molecule has 0 radical (unpaired) electrons. The van der Waals surface area contributed by atoms with Gasteiger partial charge in [0.2, 0.25) is 5.91 Å². The first-order valence-corrected chi connectivity index (χ1v) is 11.1. The number of hydrogen-bond acceptors (Lipinski definition) is 5. The van der Waals surface area contributed by atoms with Crippen molar-refractivity contribution in [3.05, 3.63) is 76.3 Å². The van der Waals surface area contributed by atoms with Crippen LogP contribution in [0.5, 0.6) is 0 Å². The summed E-state index contributed by atoms with van der Waals surface area (Å²) in [4.78, 5) is 32.7. The molecular weight excluding hydrogens is 408 g/mol. The number of nitrogens with zero attached hydrogens (tertiary/aromatic N) is 3. The summed E-state index contributed by atoms with van der Waals surface area (Å²) in [6.45, 7) is 5.05. The van der Waals surface area contributed by atoms with Crippen molar-refractivity contribution in [1.29, 1.82) is 0 Å². The highest BCUT2D eigenvalue weighted by Crippen LogP contribution is 2.32. The molecule has 0 spiro atoms. The number of benzene rings is 2. The first-order valence-electron chi connectivity index (χ1n) is 10.3. The fraction of sp³-hybridized carbons (Fsp3) is 0.292. The summed E-state index contributed by atoms with van der Waals surface area (Å²) in [5, 5.41) is 5.32. The third kappa shape index (κ3) is 5.57. The van der Waals surface area contributed by atoms with Crippen molar-refractivity contribution < 1.29 is 9.59 Å². The molecule has 2 amide bonds. The second-order valence-electron chi connectivity index (χ2n) is 7.41. The SMILES string of the molecule is CCc1ccccc1N(C(C)=O)c1nc(CN(C)Cc2ccc(C(=O)NC)cc2)cs1. The first kappa shape index (κ1) is 22.7. The van der Waals surface area contributed by atoms with Crippen molar-refractivity contribution in [2.45, 2.75) is 33.4 Å². The second kappa shape index (κ2) is 10.3. The molecular formula is C24H28N4O2S. The van der Waals surface area contributed by atoms with Crippen LogP contribution in [0.2, 0.25) is 0 Å². The topological polar surface area (TPSA) is 65.5 Å². The molecule has 0 aliphatic rings. The average Bonchev–Trinajstić information content (AvgIpc) is 3.21. The van der Waals surface area contributed by atoms with Gasteiger partial charge < -0.3 is 5.32 Å². The Morgan fingerprint density at radius 2 is 1.77 bits per heavy atom. The van der Waals surface area contributed by atoms with E-state index in [1.165, 1.54) is 11.3 Å². The lowest BCUT2D eigenvalue weighted by molar-refractivity contribution is -0.115. The molecule has 31 heavy (non-hydrogen) atoms. The number of aromatic nitrogens is 1. The number of thiazole rings is 1. The molecule has 0 bridgehead atoms. The van der Waals surface area contributed by atoms with Gasteiger partial charge in [-0.25, -0.2) is 4.98 Å². The van der Waals surface area contributed by atoms with Crippen LogP contribution in [0, 0.1) is 0 Å². The highest BCUT2D eigenvalue weighted by molar-refractivity contribution is 7.14. The molecule has 162 valence electrons. The number of aryl methyl sites for hydroxylation is 1. The van der Waals surface area contributed by atoms with Crippen LogP contribution >= 0.6 is 11.3 Å². The molecule has 0 saturated heterocycles. The van der Waals surface area contributed by atoms with E-state index >= 15 is 0 Å². The largest absolute Gasteiger partial charge is 0.355 e. The number of hydrogen-bond donors (Lipinski definition) is 1. The third-order valence-corrected chi connectivity index (χ3v) is 5.86. The lowest BCUT2D eigenvalue weighted by Gasteiger charge is -2.21. The number of rotatable bonds is 8. The van der Waals surface area contributed by atoms with Crippen LogP contribution in [-0.2, 0) is 24.3 Å². The third-order valence-electron chi connectivity index (χ3n) is 4.99. The smallest absolute Gasteiger partial charge is 0.251 e. The lowest BCUT2D eigenvalue weighted by atomic mass is 10.1. The lowest BCUT2D eigenvalue weighted by Crippen LogP contribution is -2.24. The zero-order valence-electron chi connectivity index (χ0n) is 18.4. The summed E-state index contributed by atoms with van der Waals surface area (Å²) in [5.74, 6) is -0.138. The molecule has 3 rings (SSSR count). The monoisotopic (exact) mass is 436 g/mol. The summed E-state index contributed by atoms with van der Waals surface area (Å²) in [7, 11) is 3.65. The van der Waals surface area contributed by atoms with E-state index in [9.17, 15) is 9.59 Å². The van der Waals surface area contributed by atoms with Gasteiger partial charge in [0, 0.05) is 38.0 Å². The molecule has 0 atom stereocenters. The summed E-state index contributed by atoms with van der Waals surface area (Å²) in [6.07, 6.45) is 0.847. The normalized spacial score (nSPS) is 10.9. The fourth-order valence-electron chi connectivity index (χ4n) is 3.46. The summed E-state index contributed by atoms with van der Waals surface area (Å²) < 4.78 is 0. The number of nitrogens with one attached hydrogen (secondary N) is 1. The average molecular weight is 437 g/mol. The maximum absolute atomic E-state index is 12.4. The van der Waals surface area contributed by atoms with Crippen LogP contribution in [0.15, 0.2) is 53.9 Å². The zero-order valence-corrected chi connectivity index (χ0v) is 19.2. The molecule has 7 heteroatoms.